The maximum Gasteiger partial charge on any atom is 0.339 e. The zero-order chi connectivity index (χ0) is 18.5. The number of hydrazone groups is 1. The van der Waals surface area contributed by atoms with Crippen LogP contribution in [0.4, 0.5) is 16.2 Å². The molecule has 0 radical (unpaired) electrons. The zero-order valence-corrected chi connectivity index (χ0v) is 15.8. The number of halogens is 2. The molecule has 2 heterocycles. The highest BCUT2D eigenvalue weighted by molar-refractivity contribution is 8.14. The number of likely N-dealkylation sites (N-methyl/N-ethyl adjacent to an activating group) is 1. The summed E-state index contributed by atoms with van der Waals surface area (Å²) in [5, 5.41) is 6.72. The second kappa shape index (κ2) is 6.19. The molecule has 0 aromatic heterocycles. The van der Waals surface area contributed by atoms with Gasteiger partial charge in [0.05, 0.1) is 11.2 Å². The molecule has 1 saturated heterocycles. The predicted molar refractivity (Wildman–Crippen MR) is 105 cm³/mol. The van der Waals surface area contributed by atoms with Crippen LogP contribution in [0.5, 0.6) is 0 Å². The minimum absolute atomic E-state index is 0.398. The lowest BCUT2D eigenvalue weighted by molar-refractivity contribution is -0.122. The molecule has 9 heteroatoms. The van der Waals surface area contributed by atoms with E-state index in [4.69, 9.17) is 23.2 Å². The van der Waals surface area contributed by atoms with Gasteiger partial charge in [0.25, 0.3) is 10.9 Å². The zero-order valence-electron chi connectivity index (χ0n) is 13.5. The summed E-state index contributed by atoms with van der Waals surface area (Å²) in [7, 11) is 1.66. The van der Waals surface area contributed by atoms with Crippen LogP contribution in [0.3, 0.4) is 0 Å². The van der Waals surface area contributed by atoms with Gasteiger partial charge in [0, 0.05) is 22.8 Å². The first-order chi connectivity index (χ1) is 12.4. The van der Waals surface area contributed by atoms with Gasteiger partial charge in [-0.3, -0.25) is 14.7 Å². The van der Waals surface area contributed by atoms with Gasteiger partial charge < -0.3 is 0 Å². The molecule has 4 rings (SSSR count). The van der Waals surface area contributed by atoms with Crippen LogP contribution in [-0.4, -0.2) is 34.5 Å². The lowest BCUT2D eigenvalue weighted by Crippen LogP contribution is -2.55. The van der Waals surface area contributed by atoms with E-state index in [1.165, 1.54) is 21.7 Å². The second-order valence-corrected chi connectivity index (χ2v) is 7.57. The summed E-state index contributed by atoms with van der Waals surface area (Å²) in [6.07, 6.45) is 0. The van der Waals surface area contributed by atoms with Crippen LogP contribution in [0.2, 0.25) is 10.0 Å². The monoisotopic (exact) mass is 406 g/mol. The molecule has 2 aromatic rings. The van der Waals surface area contributed by atoms with Gasteiger partial charge >= 0.3 is 6.03 Å². The Morgan fingerprint density at radius 1 is 0.923 bits per heavy atom. The molecular weight excluding hydrogens is 395 g/mol. The van der Waals surface area contributed by atoms with E-state index in [1.54, 1.807) is 61.1 Å². The van der Waals surface area contributed by atoms with Gasteiger partial charge in [0.2, 0.25) is 0 Å². The molecule has 2 aliphatic heterocycles. The molecule has 0 N–H and O–H groups in total. The summed E-state index contributed by atoms with van der Waals surface area (Å²) >= 11 is 13.1. The van der Waals surface area contributed by atoms with Crippen molar-refractivity contribution in [2.75, 3.05) is 16.8 Å². The summed E-state index contributed by atoms with van der Waals surface area (Å²) in [5.41, 5.74) is 2.55. The minimum atomic E-state index is -1.31. The molecular formula is C17H12Cl2N4O2S. The number of rotatable bonds is 2. The molecule has 1 atom stereocenters. The van der Waals surface area contributed by atoms with Gasteiger partial charge in [-0.05, 0) is 60.3 Å². The molecule has 2 aliphatic rings. The number of carbonyl (C=O) groups is 2. The number of imide groups is 1. The van der Waals surface area contributed by atoms with Crippen LogP contribution in [-0.2, 0) is 4.79 Å². The molecule has 6 nitrogen and oxygen atoms in total. The number of nitrogens with zero attached hydrogens (tertiary/aromatic N) is 4. The summed E-state index contributed by atoms with van der Waals surface area (Å²) in [4.78, 5) is 27.9. The topological polar surface area (TPSA) is 56.2 Å². The Bertz CT molecular complexity index is 919. The number of anilines is 2. The highest BCUT2D eigenvalue weighted by Gasteiger charge is 2.63. The Hall–Kier alpha value is -2.22. The molecule has 26 heavy (non-hydrogen) atoms. The first-order valence-corrected chi connectivity index (χ1v) is 9.23. The number of hydrogen-bond acceptors (Lipinski definition) is 5. The SMILES string of the molecule is CN1N=CS[C@]12C(=O)N(c1ccc(Cl)cc1)C(=O)N2c1ccc(Cl)cc1. The quantitative estimate of drug-likeness (QED) is 0.699. The molecule has 0 saturated carbocycles. The van der Waals surface area contributed by atoms with Crippen LogP contribution < -0.4 is 9.80 Å². The van der Waals surface area contributed by atoms with E-state index < -0.39 is 16.9 Å². The highest BCUT2D eigenvalue weighted by atomic mass is 35.5. The maximum absolute atomic E-state index is 13.3. The van der Waals surface area contributed by atoms with Gasteiger partial charge in [-0.1, -0.05) is 23.2 Å². The fraction of sp³-hybridized carbons (Fsp3) is 0.118. The van der Waals surface area contributed by atoms with Gasteiger partial charge in [0.15, 0.2) is 0 Å². The van der Waals surface area contributed by atoms with Crippen LogP contribution in [0, 0.1) is 0 Å². The fourth-order valence-corrected chi connectivity index (χ4v) is 4.23. The Morgan fingerprint density at radius 3 is 1.96 bits per heavy atom. The largest absolute Gasteiger partial charge is 0.339 e. The lowest BCUT2D eigenvalue weighted by atomic mass is 10.2. The lowest BCUT2D eigenvalue weighted by Gasteiger charge is -2.34. The van der Waals surface area contributed by atoms with Gasteiger partial charge in [-0.15, -0.1) is 0 Å². The van der Waals surface area contributed by atoms with Crippen molar-refractivity contribution in [3.63, 3.8) is 0 Å². The first kappa shape index (κ1) is 17.2. The van der Waals surface area contributed by atoms with E-state index in [0.29, 0.717) is 21.4 Å². The van der Waals surface area contributed by atoms with Crippen molar-refractivity contribution in [1.29, 1.82) is 0 Å². The standard InChI is InChI=1S/C17H12Cl2N4O2S/c1-21-17(26-10-20-21)15(24)22(13-6-2-11(18)3-7-13)16(25)23(17)14-8-4-12(19)5-9-14/h2-10H,1H3/t17-/m1/s1. The van der Waals surface area contributed by atoms with Gasteiger partial charge in [0.1, 0.15) is 0 Å². The molecule has 0 aliphatic carbocycles. The number of urea groups is 1. The van der Waals surface area contributed by atoms with Crippen LogP contribution in [0.25, 0.3) is 0 Å². The fourth-order valence-electron chi connectivity index (χ4n) is 2.96. The first-order valence-electron chi connectivity index (χ1n) is 7.59. The van der Waals surface area contributed by atoms with Crippen molar-refractivity contribution in [1.82, 2.24) is 5.01 Å². The second-order valence-electron chi connectivity index (χ2n) is 5.68. The number of hydrogen-bond donors (Lipinski definition) is 0. The van der Waals surface area contributed by atoms with Crippen molar-refractivity contribution in [2.45, 2.75) is 4.99 Å². The van der Waals surface area contributed by atoms with E-state index in [9.17, 15) is 9.59 Å². The van der Waals surface area contributed by atoms with E-state index in [0.717, 1.165) is 4.90 Å². The normalized spacial score (nSPS) is 22.2. The number of benzene rings is 2. The Morgan fingerprint density at radius 2 is 1.46 bits per heavy atom. The third-order valence-electron chi connectivity index (χ3n) is 4.21. The minimum Gasteiger partial charge on any atom is -0.268 e. The van der Waals surface area contributed by atoms with Gasteiger partial charge in [-0.25, -0.2) is 9.69 Å². The average molecular weight is 407 g/mol. The molecule has 1 spiro atoms. The Kier molecular flexibility index (Phi) is 4.10. The van der Waals surface area contributed by atoms with Crippen molar-refractivity contribution >= 4 is 63.8 Å². The van der Waals surface area contributed by atoms with Crippen LogP contribution >= 0.6 is 35.0 Å². The Balaban J connectivity index is 1.86. The van der Waals surface area contributed by atoms with Crippen molar-refractivity contribution in [3.8, 4) is 0 Å². The molecule has 0 bridgehead atoms. The van der Waals surface area contributed by atoms with Crippen molar-refractivity contribution < 1.29 is 9.59 Å². The third kappa shape index (κ3) is 2.39. The number of amides is 3. The van der Waals surface area contributed by atoms with E-state index in [1.807, 2.05) is 0 Å². The third-order valence-corrected chi connectivity index (χ3v) is 5.87. The van der Waals surface area contributed by atoms with E-state index in [2.05, 4.69) is 5.10 Å². The smallest absolute Gasteiger partial charge is 0.268 e. The summed E-state index contributed by atoms with van der Waals surface area (Å²) < 4.78 is 0. The molecule has 1 fully saturated rings. The molecule has 2 aromatic carbocycles. The van der Waals surface area contributed by atoms with E-state index >= 15 is 0 Å². The number of carbonyl (C=O) groups excluding carboxylic acids is 2. The summed E-state index contributed by atoms with van der Waals surface area (Å²) in [6, 6.07) is 12.8. The molecule has 132 valence electrons. The summed E-state index contributed by atoms with van der Waals surface area (Å²) in [6.45, 7) is 0. The van der Waals surface area contributed by atoms with E-state index in [-0.39, 0.29) is 0 Å². The number of thioether (sulfide) groups is 1. The van der Waals surface area contributed by atoms with Gasteiger partial charge in [-0.2, -0.15) is 5.10 Å². The van der Waals surface area contributed by atoms with Crippen molar-refractivity contribution in [2.24, 2.45) is 5.10 Å². The highest BCUT2D eigenvalue weighted by Crippen LogP contribution is 2.46. The van der Waals surface area contributed by atoms with Crippen molar-refractivity contribution in [3.05, 3.63) is 58.6 Å². The molecule has 3 amide bonds. The maximum atomic E-state index is 13.3. The molecule has 0 unspecified atom stereocenters. The average Bonchev–Trinajstić information content (AvgIpc) is 3.10. The van der Waals surface area contributed by atoms with Crippen LogP contribution in [0.1, 0.15) is 0 Å². The predicted octanol–water partition coefficient (Wildman–Crippen LogP) is 4.24. The summed E-state index contributed by atoms with van der Waals surface area (Å²) in [5.74, 6) is -0.398. The van der Waals surface area contributed by atoms with Crippen LogP contribution in [0.15, 0.2) is 53.6 Å². The Labute approximate surface area is 163 Å².